The first-order valence-corrected chi connectivity index (χ1v) is 6.68. The van der Waals surface area contributed by atoms with Gasteiger partial charge in [-0.1, -0.05) is 0 Å². The summed E-state index contributed by atoms with van der Waals surface area (Å²) in [5.41, 5.74) is 1.04. The average molecular weight is 245 g/mol. The molecular weight excluding hydrogens is 226 g/mol. The van der Waals surface area contributed by atoms with Gasteiger partial charge in [-0.15, -0.1) is 0 Å². The van der Waals surface area contributed by atoms with Crippen molar-refractivity contribution in [2.45, 2.75) is 19.3 Å². The van der Waals surface area contributed by atoms with Gasteiger partial charge in [0, 0.05) is 18.9 Å². The first kappa shape index (κ1) is 11.5. The summed E-state index contributed by atoms with van der Waals surface area (Å²) < 4.78 is 1.84. The van der Waals surface area contributed by atoms with E-state index in [0.717, 1.165) is 24.3 Å². The monoisotopic (exact) mass is 245 g/mol. The molecule has 0 bridgehead atoms. The van der Waals surface area contributed by atoms with Crippen LogP contribution in [0.1, 0.15) is 19.3 Å². The van der Waals surface area contributed by atoms with Crippen LogP contribution in [0.3, 0.4) is 0 Å². The predicted molar refractivity (Wildman–Crippen MR) is 71.8 cm³/mol. The molecule has 0 aromatic carbocycles. The first-order chi connectivity index (χ1) is 8.93. The van der Waals surface area contributed by atoms with Crippen molar-refractivity contribution in [1.29, 1.82) is 0 Å². The van der Waals surface area contributed by atoms with E-state index in [9.17, 15) is 0 Å². The van der Waals surface area contributed by atoms with Crippen LogP contribution in [0.2, 0.25) is 0 Å². The number of anilines is 1. The molecule has 18 heavy (non-hydrogen) atoms. The van der Waals surface area contributed by atoms with E-state index in [0.29, 0.717) is 0 Å². The van der Waals surface area contributed by atoms with E-state index in [1.54, 1.807) is 12.4 Å². The summed E-state index contributed by atoms with van der Waals surface area (Å²) in [6.45, 7) is 4.71. The van der Waals surface area contributed by atoms with Gasteiger partial charge in [0.05, 0.1) is 6.20 Å². The number of likely N-dealkylation sites (tertiary alicyclic amines) is 1. The molecule has 1 fully saturated rings. The highest BCUT2D eigenvalue weighted by molar-refractivity contribution is 5.66. The van der Waals surface area contributed by atoms with Gasteiger partial charge in [0.2, 0.25) is 0 Å². The van der Waals surface area contributed by atoms with Crippen molar-refractivity contribution in [2.75, 3.05) is 31.5 Å². The van der Waals surface area contributed by atoms with Crippen LogP contribution in [0.5, 0.6) is 0 Å². The van der Waals surface area contributed by atoms with Crippen molar-refractivity contribution in [3.63, 3.8) is 0 Å². The third-order valence-corrected chi connectivity index (χ3v) is 3.47. The minimum atomic E-state index is 0.927. The van der Waals surface area contributed by atoms with E-state index >= 15 is 0 Å². The first-order valence-electron chi connectivity index (χ1n) is 6.68. The van der Waals surface area contributed by atoms with Gasteiger partial charge in [-0.05, 0) is 45.0 Å². The molecule has 0 unspecified atom stereocenters. The number of nitrogens with zero attached hydrogens (tertiary/aromatic N) is 4. The molecule has 1 aliphatic rings. The van der Waals surface area contributed by atoms with Crippen LogP contribution in [0.15, 0.2) is 24.7 Å². The van der Waals surface area contributed by atoms with Gasteiger partial charge < -0.3 is 10.2 Å². The lowest BCUT2D eigenvalue weighted by atomic mass is 10.3. The fourth-order valence-corrected chi connectivity index (χ4v) is 2.51. The number of nitrogens with one attached hydrogen (secondary N) is 1. The number of hydrogen-bond donors (Lipinski definition) is 1. The topological polar surface area (TPSA) is 45.5 Å². The molecule has 1 N–H and O–H groups in total. The van der Waals surface area contributed by atoms with E-state index in [2.05, 4.69) is 20.3 Å². The molecule has 0 amide bonds. The Morgan fingerprint density at radius 3 is 3.00 bits per heavy atom. The summed E-state index contributed by atoms with van der Waals surface area (Å²) in [5.74, 6) is 0.927. The van der Waals surface area contributed by atoms with Gasteiger partial charge in [-0.25, -0.2) is 9.50 Å². The van der Waals surface area contributed by atoms with Crippen LogP contribution in [0.4, 0.5) is 5.82 Å². The SMILES string of the molecule is c1cn2nccc2c(NCCCN2CCCC2)n1. The van der Waals surface area contributed by atoms with E-state index in [1.165, 1.54) is 32.5 Å². The van der Waals surface area contributed by atoms with Gasteiger partial charge in [-0.2, -0.15) is 5.10 Å². The quantitative estimate of drug-likeness (QED) is 0.813. The molecule has 2 aromatic heterocycles. The molecular formula is C13H19N5. The third-order valence-electron chi connectivity index (χ3n) is 3.47. The van der Waals surface area contributed by atoms with Crippen LogP contribution in [-0.4, -0.2) is 45.7 Å². The zero-order valence-corrected chi connectivity index (χ0v) is 10.5. The van der Waals surface area contributed by atoms with E-state index < -0.39 is 0 Å². The van der Waals surface area contributed by atoms with Crippen LogP contribution in [-0.2, 0) is 0 Å². The van der Waals surface area contributed by atoms with Crippen molar-refractivity contribution in [3.05, 3.63) is 24.7 Å². The van der Waals surface area contributed by atoms with Crippen molar-refractivity contribution in [2.24, 2.45) is 0 Å². The molecule has 0 radical (unpaired) electrons. The normalized spacial score (nSPS) is 16.4. The van der Waals surface area contributed by atoms with Crippen LogP contribution < -0.4 is 5.32 Å². The molecule has 5 nitrogen and oxygen atoms in total. The predicted octanol–water partition coefficient (Wildman–Crippen LogP) is 1.63. The van der Waals surface area contributed by atoms with Crippen LogP contribution in [0, 0.1) is 0 Å². The number of aromatic nitrogens is 3. The Morgan fingerprint density at radius 1 is 1.22 bits per heavy atom. The number of hydrogen-bond acceptors (Lipinski definition) is 4. The maximum Gasteiger partial charge on any atom is 0.152 e. The Morgan fingerprint density at radius 2 is 2.11 bits per heavy atom. The molecule has 2 aromatic rings. The smallest absolute Gasteiger partial charge is 0.152 e. The fourth-order valence-electron chi connectivity index (χ4n) is 2.51. The second-order valence-electron chi connectivity index (χ2n) is 4.77. The molecule has 1 saturated heterocycles. The zero-order chi connectivity index (χ0) is 12.2. The standard InChI is InChI=1S/C13H19N5/c1-2-9-17(8-1)10-3-5-14-13-12-4-6-16-18(12)11-7-15-13/h4,6-7,11H,1-3,5,8-10H2,(H,14,15). The van der Waals surface area contributed by atoms with Gasteiger partial charge in [0.1, 0.15) is 5.52 Å². The highest BCUT2D eigenvalue weighted by Crippen LogP contribution is 2.12. The van der Waals surface area contributed by atoms with Crippen LogP contribution in [0.25, 0.3) is 5.52 Å². The van der Waals surface area contributed by atoms with Gasteiger partial charge in [-0.3, -0.25) is 0 Å². The third kappa shape index (κ3) is 2.46. The van der Waals surface area contributed by atoms with Gasteiger partial charge in [0.25, 0.3) is 0 Å². The molecule has 5 heteroatoms. The summed E-state index contributed by atoms with van der Waals surface area (Å²) in [6.07, 6.45) is 9.34. The van der Waals surface area contributed by atoms with Gasteiger partial charge in [0.15, 0.2) is 5.82 Å². The lowest BCUT2D eigenvalue weighted by Crippen LogP contribution is -2.22. The molecule has 1 aliphatic heterocycles. The Hall–Kier alpha value is -1.62. The fraction of sp³-hybridized carbons (Fsp3) is 0.538. The van der Waals surface area contributed by atoms with Crippen molar-refractivity contribution in [3.8, 4) is 0 Å². The molecule has 0 spiro atoms. The Bertz CT molecular complexity index is 501. The minimum Gasteiger partial charge on any atom is -0.368 e. The number of fused-ring (bicyclic) bond motifs is 1. The van der Waals surface area contributed by atoms with Crippen molar-refractivity contribution >= 4 is 11.3 Å². The zero-order valence-electron chi connectivity index (χ0n) is 10.5. The number of rotatable bonds is 5. The molecule has 0 atom stereocenters. The maximum atomic E-state index is 4.36. The van der Waals surface area contributed by atoms with Crippen molar-refractivity contribution < 1.29 is 0 Å². The van der Waals surface area contributed by atoms with Gasteiger partial charge >= 0.3 is 0 Å². The minimum absolute atomic E-state index is 0.927. The summed E-state index contributed by atoms with van der Waals surface area (Å²) in [5, 5.41) is 7.60. The molecule has 96 valence electrons. The second kappa shape index (κ2) is 5.35. The Kier molecular flexibility index (Phi) is 3.41. The van der Waals surface area contributed by atoms with Crippen molar-refractivity contribution in [1.82, 2.24) is 19.5 Å². The lowest BCUT2D eigenvalue weighted by Gasteiger charge is -2.14. The largest absolute Gasteiger partial charge is 0.368 e. The van der Waals surface area contributed by atoms with E-state index in [-0.39, 0.29) is 0 Å². The molecule has 3 rings (SSSR count). The Balaban J connectivity index is 1.51. The summed E-state index contributed by atoms with van der Waals surface area (Å²) in [7, 11) is 0. The maximum absolute atomic E-state index is 4.36. The highest BCUT2D eigenvalue weighted by atomic mass is 15.2. The van der Waals surface area contributed by atoms with E-state index in [4.69, 9.17) is 0 Å². The lowest BCUT2D eigenvalue weighted by molar-refractivity contribution is 0.337. The summed E-state index contributed by atoms with van der Waals surface area (Å²) in [4.78, 5) is 6.90. The summed E-state index contributed by atoms with van der Waals surface area (Å²) in [6, 6.07) is 1.98. The Labute approximate surface area is 107 Å². The van der Waals surface area contributed by atoms with Crippen LogP contribution >= 0.6 is 0 Å². The molecule has 3 heterocycles. The summed E-state index contributed by atoms with van der Waals surface area (Å²) >= 11 is 0. The van der Waals surface area contributed by atoms with E-state index in [1.807, 2.05) is 16.8 Å². The molecule has 0 aliphatic carbocycles. The highest BCUT2D eigenvalue weighted by Gasteiger charge is 2.10. The average Bonchev–Trinajstić information content (AvgIpc) is 3.05. The molecule has 0 saturated carbocycles. The second-order valence-corrected chi connectivity index (χ2v) is 4.77.